The number of hydrogen-bond donors (Lipinski definition) is 0. The predicted molar refractivity (Wildman–Crippen MR) is 69.4 cm³/mol. The fourth-order valence-corrected chi connectivity index (χ4v) is 3.28. The van der Waals surface area contributed by atoms with Crippen LogP contribution in [0.15, 0.2) is 24.3 Å². The Kier molecular flexibility index (Phi) is 3.62. The number of benzene rings is 1. The van der Waals surface area contributed by atoms with Crippen LogP contribution in [0.25, 0.3) is 0 Å². The van der Waals surface area contributed by atoms with E-state index < -0.39 is 0 Å². The van der Waals surface area contributed by atoms with Crippen LogP contribution >= 0.6 is 0 Å². The fourth-order valence-electron chi connectivity index (χ4n) is 3.28. The monoisotopic (exact) mass is 249 g/mol. The lowest BCUT2D eigenvalue weighted by molar-refractivity contribution is -0.0807. The van der Waals surface area contributed by atoms with Gasteiger partial charge in [-0.2, -0.15) is 0 Å². The molecule has 0 aromatic heterocycles. The topological polar surface area (TPSA) is 12.5 Å². The number of fused-ring (bicyclic) bond motifs is 3. The van der Waals surface area contributed by atoms with Gasteiger partial charge in [0.1, 0.15) is 0 Å². The SMILES string of the molecule is FCCCN1CCO[C@@H]2c3ccccc3CC[C@H]21. The number of aryl methyl sites for hydroxylation is 1. The maximum absolute atomic E-state index is 12.4. The van der Waals surface area contributed by atoms with Gasteiger partial charge in [0, 0.05) is 19.1 Å². The third-order valence-corrected chi connectivity index (χ3v) is 4.14. The van der Waals surface area contributed by atoms with Gasteiger partial charge in [-0.1, -0.05) is 24.3 Å². The molecule has 2 nitrogen and oxygen atoms in total. The molecule has 3 rings (SSSR count). The second-order valence-electron chi connectivity index (χ2n) is 5.17. The number of rotatable bonds is 3. The Morgan fingerprint density at radius 1 is 1.33 bits per heavy atom. The maximum atomic E-state index is 12.4. The van der Waals surface area contributed by atoms with Crippen molar-refractivity contribution in [3.8, 4) is 0 Å². The van der Waals surface area contributed by atoms with Crippen LogP contribution in [0, 0.1) is 0 Å². The van der Waals surface area contributed by atoms with Gasteiger partial charge in [-0.25, -0.2) is 0 Å². The van der Waals surface area contributed by atoms with Gasteiger partial charge in [-0.15, -0.1) is 0 Å². The molecule has 0 amide bonds. The first-order valence-corrected chi connectivity index (χ1v) is 6.89. The van der Waals surface area contributed by atoms with Gasteiger partial charge in [0.05, 0.1) is 19.4 Å². The lowest BCUT2D eigenvalue weighted by Gasteiger charge is -2.44. The zero-order valence-corrected chi connectivity index (χ0v) is 10.6. The van der Waals surface area contributed by atoms with Crippen molar-refractivity contribution in [3.63, 3.8) is 0 Å². The van der Waals surface area contributed by atoms with Crippen molar-refractivity contribution in [1.82, 2.24) is 4.90 Å². The molecule has 1 aliphatic heterocycles. The molecule has 1 aromatic rings. The van der Waals surface area contributed by atoms with Gasteiger partial charge < -0.3 is 4.74 Å². The molecule has 3 heteroatoms. The average molecular weight is 249 g/mol. The fraction of sp³-hybridized carbons (Fsp3) is 0.600. The zero-order chi connectivity index (χ0) is 12.4. The van der Waals surface area contributed by atoms with Crippen LogP contribution in [0.5, 0.6) is 0 Å². The highest BCUT2D eigenvalue weighted by molar-refractivity contribution is 5.33. The van der Waals surface area contributed by atoms with Crippen LogP contribution in [-0.2, 0) is 11.2 Å². The maximum Gasteiger partial charge on any atom is 0.0983 e. The summed E-state index contributed by atoms with van der Waals surface area (Å²) in [4.78, 5) is 2.42. The molecule has 1 fully saturated rings. The Labute approximate surface area is 108 Å². The normalized spacial score (nSPS) is 27.6. The zero-order valence-electron chi connectivity index (χ0n) is 10.6. The Hall–Kier alpha value is -0.930. The highest BCUT2D eigenvalue weighted by Gasteiger charge is 2.36. The van der Waals surface area contributed by atoms with E-state index in [0.29, 0.717) is 12.5 Å². The second-order valence-corrected chi connectivity index (χ2v) is 5.17. The minimum Gasteiger partial charge on any atom is -0.371 e. The first-order chi connectivity index (χ1) is 8.90. The number of halogens is 1. The summed E-state index contributed by atoms with van der Waals surface area (Å²) in [5.74, 6) is 0. The first-order valence-electron chi connectivity index (χ1n) is 6.89. The van der Waals surface area contributed by atoms with E-state index in [1.165, 1.54) is 11.1 Å². The molecule has 98 valence electrons. The van der Waals surface area contributed by atoms with Crippen molar-refractivity contribution in [2.45, 2.75) is 31.4 Å². The van der Waals surface area contributed by atoms with E-state index in [4.69, 9.17) is 4.74 Å². The summed E-state index contributed by atoms with van der Waals surface area (Å²) in [7, 11) is 0. The molecule has 0 radical (unpaired) electrons. The largest absolute Gasteiger partial charge is 0.371 e. The molecule has 1 heterocycles. The summed E-state index contributed by atoms with van der Waals surface area (Å²) in [5.41, 5.74) is 2.77. The predicted octanol–water partition coefficient (Wildman–Crippen LogP) is 2.73. The van der Waals surface area contributed by atoms with E-state index in [0.717, 1.165) is 32.5 Å². The number of nitrogens with zero attached hydrogens (tertiary/aromatic N) is 1. The number of hydrogen-bond acceptors (Lipinski definition) is 2. The quantitative estimate of drug-likeness (QED) is 0.816. The second kappa shape index (κ2) is 5.37. The molecule has 18 heavy (non-hydrogen) atoms. The molecule has 1 saturated heterocycles. The average Bonchev–Trinajstić information content (AvgIpc) is 2.44. The molecule has 1 aromatic carbocycles. The van der Waals surface area contributed by atoms with Gasteiger partial charge in [-0.3, -0.25) is 9.29 Å². The van der Waals surface area contributed by atoms with Crippen LogP contribution in [0.3, 0.4) is 0 Å². The number of morpholine rings is 1. The van der Waals surface area contributed by atoms with Crippen molar-refractivity contribution in [3.05, 3.63) is 35.4 Å². The molecule has 0 unspecified atom stereocenters. The molecule has 2 atom stereocenters. The van der Waals surface area contributed by atoms with Crippen molar-refractivity contribution in [2.24, 2.45) is 0 Å². The third kappa shape index (κ3) is 2.17. The van der Waals surface area contributed by atoms with E-state index in [2.05, 4.69) is 29.2 Å². The summed E-state index contributed by atoms with van der Waals surface area (Å²) in [5, 5.41) is 0. The van der Waals surface area contributed by atoms with Gasteiger partial charge >= 0.3 is 0 Å². The van der Waals surface area contributed by atoms with Crippen molar-refractivity contribution >= 4 is 0 Å². The van der Waals surface area contributed by atoms with Crippen LogP contribution in [0.1, 0.15) is 30.1 Å². The summed E-state index contributed by atoms with van der Waals surface area (Å²) >= 11 is 0. The first kappa shape index (κ1) is 12.1. The highest BCUT2D eigenvalue weighted by Crippen LogP contribution is 2.37. The summed E-state index contributed by atoms with van der Waals surface area (Å²) in [6.45, 7) is 2.36. The van der Waals surface area contributed by atoms with Gasteiger partial charge in [-0.05, 0) is 30.4 Å². The van der Waals surface area contributed by atoms with E-state index in [9.17, 15) is 4.39 Å². The van der Waals surface area contributed by atoms with Crippen LogP contribution in [-0.4, -0.2) is 37.3 Å². The third-order valence-electron chi connectivity index (χ3n) is 4.14. The van der Waals surface area contributed by atoms with Gasteiger partial charge in [0.2, 0.25) is 0 Å². The highest BCUT2D eigenvalue weighted by atomic mass is 19.1. The Morgan fingerprint density at radius 3 is 3.11 bits per heavy atom. The van der Waals surface area contributed by atoms with Crippen LogP contribution < -0.4 is 0 Å². The minimum atomic E-state index is -0.217. The van der Waals surface area contributed by atoms with Crippen molar-refractivity contribution in [1.29, 1.82) is 0 Å². The summed E-state index contributed by atoms with van der Waals surface area (Å²) < 4.78 is 18.3. The molecule has 1 aliphatic carbocycles. The molecular formula is C15H20FNO. The Bertz CT molecular complexity index is 409. The standard InChI is InChI=1S/C15H20FNO/c16-8-3-9-17-10-11-18-15-13-5-2-1-4-12(13)6-7-14(15)17/h1-2,4-5,14-15H,3,6-11H2/t14-,15-/m1/s1. The molecule has 2 aliphatic rings. The van der Waals surface area contributed by atoms with Gasteiger partial charge in [0.25, 0.3) is 0 Å². The van der Waals surface area contributed by atoms with Gasteiger partial charge in [0.15, 0.2) is 0 Å². The van der Waals surface area contributed by atoms with Crippen molar-refractivity contribution in [2.75, 3.05) is 26.4 Å². The molecule has 0 saturated carbocycles. The Morgan fingerprint density at radius 2 is 2.22 bits per heavy atom. The lowest BCUT2D eigenvalue weighted by atomic mass is 9.84. The smallest absolute Gasteiger partial charge is 0.0983 e. The minimum absolute atomic E-state index is 0.198. The summed E-state index contributed by atoms with van der Waals surface area (Å²) in [6, 6.07) is 9.02. The van der Waals surface area contributed by atoms with E-state index in [1.807, 2.05) is 0 Å². The van der Waals surface area contributed by atoms with Crippen LogP contribution in [0.4, 0.5) is 4.39 Å². The lowest BCUT2D eigenvalue weighted by Crippen LogP contribution is -2.49. The van der Waals surface area contributed by atoms with E-state index in [-0.39, 0.29) is 12.8 Å². The van der Waals surface area contributed by atoms with E-state index in [1.54, 1.807) is 0 Å². The summed E-state index contributed by atoms with van der Waals surface area (Å²) in [6.07, 6.45) is 3.09. The molecule has 0 N–H and O–H groups in total. The van der Waals surface area contributed by atoms with Crippen LogP contribution in [0.2, 0.25) is 0 Å². The Balaban J connectivity index is 1.81. The molecule has 0 bridgehead atoms. The number of ether oxygens (including phenoxy) is 1. The molecular weight excluding hydrogens is 229 g/mol. The molecule has 0 spiro atoms. The van der Waals surface area contributed by atoms with E-state index >= 15 is 0 Å². The number of alkyl halides is 1. The van der Waals surface area contributed by atoms with Crippen molar-refractivity contribution < 1.29 is 9.13 Å².